The second kappa shape index (κ2) is 2.97. The van der Waals surface area contributed by atoms with E-state index in [1.807, 2.05) is 0 Å². The molecule has 0 aromatic rings. The van der Waals surface area contributed by atoms with Crippen molar-refractivity contribution >= 4 is 11.9 Å². The lowest BCUT2D eigenvalue weighted by Gasteiger charge is -2.09. The van der Waals surface area contributed by atoms with E-state index in [1.54, 1.807) is 0 Å². The van der Waals surface area contributed by atoms with E-state index in [4.69, 9.17) is 5.11 Å². The number of amides is 1. The van der Waals surface area contributed by atoms with Crippen LogP contribution in [0.1, 0.15) is 26.2 Å². The molecule has 0 spiro atoms. The molecule has 2 rings (SSSR count). The number of carboxylic acids is 1. The first kappa shape index (κ1) is 9.49. The van der Waals surface area contributed by atoms with Crippen LogP contribution >= 0.6 is 0 Å². The minimum atomic E-state index is -0.845. The van der Waals surface area contributed by atoms with Gasteiger partial charge in [-0.1, -0.05) is 6.92 Å². The van der Waals surface area contributed by atoms with Crippen LogP contribution < -0.4 is 5.32 Å². The fraction of sp³-hybridized carbons (Fsp3) is 0.800. The standard InChI is InChI=1S/C10H15NO3/c1-10(2-3-10)5-11-8(12)6-4-7(6)9(13)14/h6-7H,2-5H2,1H3,(H,11,12)(H,13,14)/t6-,7+/m1/s1. The van der Waals surface area contributed by atoms with E-state index in [0.29, 0.717) is 18.4 Å². The molecule has 14 heavy (non-hydrogen) atoms. The number of carbonyl (C=O) groups is 2. The van der Waals surface area contributed by atoms with Crippen LogP contribution in [0.2, 0.25) is 0 Å². The fourth-order valence-electron chi connectivity index (χ4n) is 1.58. The molecule has 0 saturated heterocycles. The second-order valence-electron chi connectivity index (χ2n) is 4.82. The summed E-state index contributed by atoms with van der Waals surface area (Å²) < 4.78 is 0. The maximum absolute atomic E-state index is 11.4. The van der Waals surface area contributed by atoms with Crippen molar-refractivity contribution in [1.82, 2.24) is 5.32 Å². The third-order valence-corrected chi connectivity index (χ3v) is 3.24. The highest BCUT2D eigenvalue weighted by Crippen LogP contribution is 2.44. The summed E-state index contributed by atoms with van der Waals surface area (Å²) in [6.45, 7) is 2.84. The zero-order valence-corrected chi connectivity index (χ0v) is 8.25. The lowest BCUT2D eigenvalue weighted by atomic mass is 10.1. The molecule has 2 N–H and O–H groups in total. The number of carboxylic acid groups (broad SMARTS) is 1. The molecule has 2 saturated carbocycles. The minimum Gasteiger partial charge on any atom is -0.481 e. The van der Waals surface area contributed by atoms with E-state index in [2.05, 4.69) is 12.2 Å². The Balaban J connectivity index is 1.72. The first-order valence-electron chi connectivity index (χ1n) is 5.02. The van der Waals surface area contributed by atoms with E-state index < -0.39 is 11.9 Å². The first-order chi connectivity index (χ1) is 6.52. The molecule has 4 nitrogen and oxygen atoms in total. The van der Waals surface area contributed by atoms with Crippen LogP contribution in [-0.4, -0.2) is 23.5 Å². The fourth-order valence-corrected chi connectivity index (χ4v) is 1.58. The molecule has 0 aromatic heterocycles. The van der Waals surface area contributed by atoms with Gasteiger partial charge in [-0.05, 0) is 24.7 Å². The molecule has 2 atom stereocenters. The molecule has 0 heterocycles. The van der Waals surface area contributed by atoms with E-state index in [0.717, 1.165) is 0 Å². The summed E-state index contributed by atoms with van der Waals surface area (Å²) >= 11 is 0. The maximum atomic E-state index is 11.4. The van der Waals surface area contributed by atoms with Crippen molar-refractivity contribution in [3.8, 4) is 0 Å². The summed E-state index contributed by atoms with van der Waals surface area (Å²) in [5.74, 6) is -1.62. The molecular formula is C10H15NO3. The molecule has 4 heteroatoms. The molecule has 2 aliphatic carbocycles. The van der Waals surface area contributed by atoms with Gasteiger partial charge in [-0.25, -0.2) is 0 Å². The first-order valence-corrected chi connectivity index (χ1v) is 5.02. The molecule has 1 amide bonds. The van der Waals surface area contributed by atoms with Gasteiger partial charge in [0.2, 0.25) is 5.91 Å². The Bertz CT molecular complexity index is 283. The Labute approximate surface area is 82.7 Å². The number of hydrogen-bond donors (Lipinski definition) is 2. The third-order valence-electron chi connectivity index (χ3n) is 3.24. The summed E-state index contributed by atoms with van der Waals surface area (Å²) in [5.41, 5.74) is 0.295. The van der Waals surface area contributed by atoms with Crippen LogP contribution in [-0.2, 0) is 9.59 Å². The molecule has 0 aromatic carbocycles. The zero-order chi connectivity index (χ0) is 10.3. The molecule has 0 unspecified atom stereocenters. The van der Waals surface area contributed by atoms with Crippen LogP contribution in [0.15, 0.2) is 0 Å². The average molecular weight is 197 g/mol. The van der Waals surface area contributed by atoms with Crippen molar-refractivity contribution in [2.24, 2.45) is 17.3 Å². The van der Waals surface area contributed by atoms with Crippen molar-refractivity contribution in [2.75, 3.05) is 6.54 Å². The summed E-state index contributed by atoms with van der Waals surface area (Å²) in [7, 11) is 0. The minimum absolute atomic E-state index is 0.0782. The van der Waals surface area contributed by atoms with E-state index in [9.17, 15) is 9.59 Å². The Morgan fingerprint density at radius 2 is 2.07 bits per heavy atom. The van der Waals surface area contributed by atoms with Gasteiger partial charge in [0.25, 0.3) is 0 Å². The number of aliphatic carboxylic acids is 1. The monoisotopic (exact) mass is 197 g/mol. The molecule has 78 valence electrons. The van der Waals surface area contributed by atoms with Gasteiger partial charge in [0.15, 0.2) is 0 Å². The Morgan fingerprint density at radius 3 is 2.50 bits per heavy atom. The van der Waals surface area contributed by atoms with Crippen molar-refractivity contribution in [1.29, 1.82) is 0 Å². The van der Waals surface area contributed by atoms with Crippen molar-refractivity contribution in [3.63, 3.8) is 0 Å². The Hall–Kier alpha value is -1.06. The summed E-state index contributed by atoms with van der Waals surface area (Å²) in [6, 6.07) is 0. The van der Waals surface area contributed by atoms with E-state index in [1.165, 1.54) is 12.8 Å². The molecule has 0 radical (unpaired) electrons. The van der Waals surface area contributed by atoms with Crippen molar-refractivity contribution in [2.45, 2.75) is 26.2 Å². The Kier molecular flexibility index (Phi) is 2.01. The summed E-state index contributed by atoms with van der Waals surface area (Å²) in [5, 5.41) is 11.5. The number of hydrogen-bond acceptors (Lipinski definition) is 2. The van der Waals surface area contributed by atoms with Crippen LogP contribution in [0.25, 0.3) is 0 Å². The van der Waals surface area contributed by atoms with Crippen LogP contribution in [0.4, 0.5) is 0 Å². The van der Waals surface area contributed by atoms with Crippen LogP contribution in [0.5, 0.6) is 0 Å². The average Bonchev–Trinajstić information content (AvgIpc) is 2.95. The largest absolute Gasteiger partial charge is 0.481 e. The predicted molar refractivity (Wildman–Crippen MR) is 49.6 cm³/mol. The summed E-state index contributed by atoms with van der Waals surface area (Å²) in [4.78, 5) is 21.9. The van der Waals surface area contributed by atoms with Gasteiger partial charge in [-0.15, -0.1) is 0 Å². The van der Waals surface area contributed by atoms with Gasteiger partial charge in [0.05, 0.1) is 11.8 Å². The molecule has 2 aliphatic rings. The lowest BCUT2D eigenvalue weighted by Crippen LogP contribution is -2.31. The van der Waals surface area contributed by atoms with Gasteiger partial charge in [0, 0.05) is 6.54 Å². The zero-order valence-electron chi connectivity index (χ0n) is 8.25. The number of rotatable bonds is 4. The van der Waals surface area contributed by atoms with E-state index in [-0.39, 0.29) is 11.8 Å². The van der Waals surface area contributed by atoms with Crippen LogP contribution in [0, 0.1) is 17.3 Å². The molecule has 2 fully saturated rings. The van der Waals surface area contributed by atoms with Crippen molar-refractivity contribution < 1.29 is 14.7 Å². The highest BCUT2D eigenvalue weighted by molar-refractivity contribution is 5.89. The Morgan fingerprint density at radius 1 is 1.43 bits per heavy atom. The smallest absolute Gasteiger partial charge is 0.307 e. The lowest BCUT2D eigenvalue weighted by molar-refractivity contribution is -0.140. The SMILES string of the molecule is CC1(CNC(=O)[C@@H]2C[C@@H]2C(=O)O)CC1. The van der Waals surface area contributed by atoms with Gasteiger partial charge < -0.3 is 10.4 Å². The third kappa shape index (κ3) is 1.89. The van der Waals surface area contributed by atoms with Crippen molar-refractivity contribution in [3.05, 3.63) is 0 Å². The van der Waals surface area contributed by atoms with Gasteiger partial charge >= 0.3 is 5.97 Å². The topological polar surface area (TPSA) is 66.4 Å². The quantitative estimate of drug-likeness (QED) is 0.694. The van der Waals surface area contributed by atoms with Gasteiger partial charge in [-0.3, -0.25) is 9.59 Å². The molecular weight excluding hydrogens is 182 g/mol. The predicted octanol–water partition coefficient (Wildman–Crippen LogP) is 0.623. The van der Waals surface area contributed by atoms with E-state index >= 15 is 0 Å². The highest BCUT2D eigenvalue weighted by Gasteiger charge is 2.49. The number of carbonyl (C=O) groups excluding carboxylic acids is 1. The normalized spacial score (nSPS) is 32.1. The second-order valence-corrected chi connectivity index (χ2v) is 4.82. The molecule has 0 bridgehead atoms. The molecule has 0 aliphatic heterocycles. The highest BCUT2D eigenvalue weighted by atomic mass is 16.4. The van der Waals surface area contributed by atoms with Crippen LogP contribution in [0.3, 0.4) is 0 Å². The maximum Gasteiger partial charge on any atom is 0.307 e. The summed E-state index contributed by atoms with van der Waals surface area (Å²) in [6.07, 6.45) is 2.85. The van der Waals surface area contributed by atoms with Gasteiger partial charge in [0.1, 0.15) is 0 Å². The number of nitrogens with one attached hydrogen (secondary N) is 1. The van der Waals surface area contributed by atoms with Gasteiger partial charge in [-0.2, -0.15) is 0 Å².